The van der Waals surface area contributed by atoms with Crippen LogP contribution < -0.4 is 4.72 Å². The lowest BCUT2D eigenvalue weighted by atomic mass is 9.79. The monoisotopic (exact) mass is 262 g/mol. The molecule has 102 valence electrons. The van der Waals surface area contributed by atoms with E-state index in [1.54, 1.807) is 0 Å². The van der Waals surface area contributed by atoms with E-state index in [-0.39, 0.29) is 5.54 Å². The van der Waals surface area contributed by atoms with E-state index in [9.17, 15) is 4.21 Å². The minimum absolute atomic E-state index is 0.275. The molecule has 2 atom stereocenters. The Balaban J connectivity index is 2.42. The van der Waals surface area contributed by atoms with E-state index < -0.39 is 11.3 Å². The predicted octanol–water partition coefficient (Wildman–Crippen LogP) is 1.86. The molecule has 17 heavy (non-hydrogen) atoms. The van der Waals surface area contributed by atoms with Gasteiger partial charge in [-0.05, 0) is 65.1 Å². The molecule has 0 spiro atoms. The Morgan fingerprint density at radius 2 is 2.00 bits per heavy atom. The summed E-state index contributed by atoms with van der Waals surface area (Å²) in [7, 11) is 2.17. The highest BCUT2D eigenvalue weighted by Crippen LogP contribution is 2.30. The first-order valence-corrected chi connectivity index (χ1v) is 7.48. The fourth-order valence-electron chi connectivity index (χ4n) is 2.85. The maximum absolute atomic E-state index is 10.8. The van der Waals surface area contributed by atoms with Crippen LogP contribution in [0.15, 0.2) is 0 Å². The van der Waals surface area contributed by atoms with Crippen molar-refractivity contribution in [2.75, 3.05) is 20.1 Å². The highest BCUT2D eigenvalue weighted by molar-refractivity contribution is 7.77. The van der Waals surface area contributed by atoms with E-state index in [1.165, 1.54) is 25.9 Å². The highest BCUT2D eigenvalue weighted by atomic mass is 32.2. The first kappa shape index (κ1) is 15.1. The second-order valence-electron chi connectivity index (χ2n) is 6.06. The molecule has 0 amide bonds. The third-order valence-corrected chi connectivity index (χ3v) is 4.49. The van der Waals surface area contributed by atoms with Crippen LogP contribution in [-0.2, 0) is 11.3 Å². The fourth-order valence-corrected chi connectivity index (χ4v) is 3.40. The average molecular weight is 262 g/mol. The van der Waals surface area contributed by atoms with Crippen molar-refractivity contribution in [3.63, 3.8) is 0 Å². The Morgan fingerprint density at radius 3 is 2.47 bits per heavy atom. The first-order chi connectivity index (χ1) is 7.80. The summed E-state index contributed by atoms with van der Waals surface area (Å²) in [6.45, 7) is 8.60. The van der Waals surface area contributed by atoms with Gasteiger partial charge in [0, 0.05) is 5.54 Å². The largest absolute Gasteiger partial charge is 0.306 e. The summed E-state index contributed by atoms with van der Waals surface area (Å²) in [5.74, 6) is 1.34. The molecule has 0 saturated carbocycles. The zero-order valence-corrected chi connectivity index (χ0v) is 12.2. The topological polar surface area (TPSA) is 52.6 Å². The van der Waals surface area contributed by atoms with Gasteiger partial charge in [0.15, 0.2) is 0 Å². The number of nitrogens with zero attached hydrogens (tertiary/aromatic N) is 1. The van der Waals surface area contributed by atoms with Gasteiger partial charge in [-0.2, -0.15) is 0 Å². The second-order valence-corrected chi connectivity index (χ2v) is 6.76. The minimum atomic E-state index is -1.92. The van der Waals surface area contributed by atoms with E-state index in [0.717, 1.165) is 12.3 Å². The molecule has 0 bridgehead atoms. The van der Waals surface area contributed by atoms with Crippen LogP contribution in [0.5, 0.6) is 0 Å². The lowest BCUT2D eigenvalue weighted by molar-refractivity contribution is 0.158. The smallest absolute Gasteiger partial charge is 0.232 e. The lowest BCUT2D eigenvalue weighted by Crippen LogP contribution is -2.43. The molecule has 1 heterocycles. The van der Waals surface area contributed by atoms with Crippen molar-refractivity contribution in [2.45, 2.75) is 45.6 Å². The van der Waals surface area contributed by atoms with Gasteiger partial charge in [-0.3, -0.25) is 4.55 Å². The molecule has 0 aromatic rings. The quantitative estimate of drug-likeness (QED) is 0.744. The van der Waals surface area contributed by atoms with Gasteiger partial charge >= 0.3 is 0 Å². The Labute approximate surface area is 108 Å². The molecule has 2 N–H and O–H groups in total. The fraction of sp³-hybridized carbons (Fsp3) is 1.00. The van der Waals surface area contributed by atoms with Crippen LogP contribution in [-0.4, -0.2) is 39.3 Å². The summed E-state index contributed by atoms with van der Waals surface area (Å²) in [6, 6.07) is 0. The number of likely N-dealkylation sites (tertiary alicyclic amines) is 1. The minimum Gasteiger partial charge on any atom is -0.306 e. The van der Waals surface area contributed by atoms with Gasteiger partial charge < -0.3 is 4.90 Å². The number of rotatable bonds is 5. The van der Waals surface area contributed by atoms with Crippen LogP contribution >= 0.6 is 0 Å². The molecule has 5 heteroatoms. The molecular formula is C12H26N2O2S. The van der Waals surface area contributed by atoms with Crippen molar-refractivity contribution in [1.29, 1.82) is 0 Å². The summed E-state index contributed by atoms with van der Waals surface area (Å²) in [5.41, 5.74) is -0.275. The van der Waals surface area contributed by atoms with Crippen molar-refractivity contribution in [2.24, 2.45) is 11.8 Å². The zero-order valence-electron chi connectivity index (χ0n) is 11.4. The van der Waals surface area contributed by atoms with Crippen LogP contribution in [0.3, 0.4) is 0 Å². The molecule has 1 rings (SSSR count). The van der Waals surface area contributed by atoms with Crippen LogP contribution in [0.25, 0.3) is 0 Å². The van der Waals surface area contributed by atoms with E-state index in [1.807, 2.05) is 13.8 Å². The van der Waals surface area contributed by atoms with Gasteiger partial charge in [-0.15, -0.1) is 0 Å². The lowest BCUT2D eigenvalue weighted by Gasteiger charge is -2.36. The Bertz CT molecular complexity index is 263. The van der Waals surface area contributed by atoms with Crippen LogP contribution in [0, 0.1) is 11.8 Å². The predicted molar refractivity (Wildman–Crippen MR) is 72.0 cm³/mol. The second kappa shape index (κ2) is 6.27. The molecule has 1 fully saturated rings. The maximum atomic E-state index is 10.8. The van der Waals surface area contributed by atoms with Crippen molar-refractivity contribution < 1.29 is 8.76 Å². The van der Waals surface area contributed by atoms with Gasteiger partial charge in [-0.25, -0.2) is 8.93 Å². The van der Waals surface area contributed by atoms with Gasteiger partial charge in [0.25, 0.3) is 0 Å². The average Bonchev–Trinajstić information content (AvgIpc) is 2.15. The molecule has 0 aromatic carbocycles. The van der Waals surface area contributed by atoms with Crippen molar-refractivity contribution >= 4 is 11.3 Å². The molecule has 0 aliphatic carbocycles. The summed E-state index contributed by atoms with van der Waals surface area (Å²) >= 11 is -1.92. The molecule has 1 aliphatic heterocycles. The maximum Gasteiger partial charge on any atom is 0.232 e. The zero-order chi connectivity index (χ0) is 13.1. The Hall–Kier alpha value is 0.0300. The van der Waals surface area contributed by atoms with Gasteiger partial charge in [-0.1, -0.05) is 6.92 Å². The Kier molecular flexibility index (Phi) is 5.57. The third-order valence-electron chi connectivity index (χ3n) is 3.76. The summed E-state index contributed by atoms with van der Waals surface area (Å²) in [5, 5.41) is 0. The SMILES string of the molecule is CC(CC(C)(C)NS(=O)O)C1CCN(C)CC1. The molecule has 1 aliphatic rings. The van der Waals surface area contributed by atoms with Gasteiger partial charge in [0.05, 0.1) is 0 Å². The number of hydrogen-bond acceptors (Lipinski definition) is 2. The van der Waals surface area contributed by atoms with E-state index in [2.05, 4.69) is 23.6 Å². The van der Waals surface area contributed by atoms with Crippen LogP contribution in [0.4, 0.5) is 0 Å². The first-order valence-electron chi connectivity index (χ1n) is 6.37. The normalized spacial score (nSPS) is 23.6. The molecular weight excluding hydrogens is 236 g/mol. The van der Waals surface area contributed by atoms with Crippen LogP contribution in [0.1, 0.15) is 40.0 Å². The summed E-state index contributed by atoms with van der Waals surface area (Å²) < 4.78 is 22.4. The number of hydrogen-bond donors (Lipinski definition) is 2. The molecule has 0 radical (unpaired) electrons. The van der Waals surface area contributed by atoms with Gasteiger partial charge in [0.2, 0.25) is 11.3 Å². The molecule has 4 nitrogen and oxygen atoms in total. The number of nitrogens with one attached hydrogen (secondary N) is 1. The van der Waals surface area contributed by atoms with Crippen molar-refractivity contribution in [3.05, 3.63) is 0 Å². The standard InChI is InChI=1S/C12H26N2O2S/c1-10(9-12(2,3)13-17(15)16)11-5-7-14(4)8-6-11/h10-11,13H,5-9H2,1-4H3,(H,15,16). The molecule has 2 unspecified atom stereocenters. The highest BCUT2D eigenvalue weighted by Gasteiger charge is 2.28. The summed E-state index contributed by atoms with van der Waals surface area (Å²) in [4.78, 5) is 2.37. The van der Waals surface area contributed by atoms with E-state index in [4.69, 9.17) is 4.55 Å². The van der Waals surface area contributed by atoms with E-state index in [0.29, 0.717) is 5.92 Å². The third kappa shape index (κ3) is 5.46. The van der Waals surface area contributed by atoms with Crippen LogP contribution in [0.2, 0.25) is 0 Å². The summed E-state index contributed by atoms with van der Waals surface area (Å²) in [6.07, 6.45) is 3.43. The van der Waals surface area contributed by atoms with Crippen molar-refractivity contribution in [1.82, 2.24) is 9.62 Å². The van der Waals surface area contributed by atoms with Crippen molar-refractivity contribution in [3.8, 4) is 0 Å². The Morgan fingerprint density at radius 1 is 1.47 bits per heavy atom. The molecule has 1 saturated heterocycles. The molecule has 0 aromatic heterocycles. The number of piperidine rings is 1. The van der Waals surface area contributed by atoms with E-state index >= 15 is 0 Å². The van der Waals surface area contributed by atoms with Gasteiger partial charge in [0.1, 0.15) is 0 Å².